The summed E-state index contributed by atoms with van der Waals surface area (Å²) in [5.74, 6) is -1.43. The van der Waals surface area contributed by atoms with E-state index in [0.29, 0.717) is 24.3 Å². The molecule has 0 radical (unpaired) electrons. The van der Waals surface area contributed by atoms with E-state index in [9.17, 15) is 14.7 Å². The maximum Gasteiger partial charge on any atom is 0.336 e. The fourth-order valence-electron chi connectivity index (χ4n) is 2.53. The summed E-state index contributed by atoms with van der Waals surface area (Å²) in [5.41, 5.74) is 1.46. The Labute approximate surface area is 122 Å². The zero-order chi connectivity index (χ0) is 15.6. The molecule has 0 bridgehead atoms. The number of amides is 1. The number of carbonyl (C=O) groups excluding carboxylic acids is 1. The number of carboxylic acids is 1. The molecule has 6 nitrogen and oxygen atoms in total. The van der Waals surface area contributed by atoms with Crippen molar-refractivity contribution < 1.29 is 24.5 Å². The van der Waals surface area contributed by atoms with Crippen molar-refractivity contribution in [3.8, 4) is 0 Å². The SMILES string of the molecule is Cc1ccc(C)c(C(=O)N2CCOC(CO)C2)c1C(=O)O. The zero-order valence-corrected chi connectivity index (χ0v) is 12.1. The molecular weight excluding hydrogens is 274 g/mol. The molecule has 1 atom stereocenters. The van der Waals surface area contributed by atoms with Crippen molar-refractivity contribution in [3.63, 3.8) is 0 Å². The van der Waals surface area contributed by atoms with Gasteiger partial charge in [0, 0.05) is 13.1 Å². The number of morpholine rings is 1. The van der Waals surface area contributed by atoms with E-state index in [-0.39, 0.29) is 30.2 Å². The number of aliphatic hydroxyl groups is 1. The number of hydrogen-bond donors (Lipinski definition) is 2. The second kappa shape index (κ2) is 6.24. The number of aliphatic hydroxyl groups excluding tert-OH is 1. The summed E-state index contributed by atoms with van der Waals surface area (Å²) < 4.78 is 5.31. The summed E-state index contributed by atoms with van der Waals surface area (Å²) in [6.45, 7) is 4.23. The van der Waals surface area contributed by atoms with Crippen LogP contribution in [0.2, 0.25) is 0 Å². The lowest BCUT2D eigenvalue weighted by atomic mass is 9.96. The normalized spacial score (nSPS) is 18.6. The van der Waals surface area contributed by atoms with E-state index in [2.05, 4.69) is 0 Å². The van der Waals surface area contributed by atoms with Crippen molar-refractivity contribution in [2.45, 2.75) is 20.0 Å². The van der Waals surface area contributed by atoms with Crippen LogP contribution in [-0.4, -0.2) is 59.4 Å². The first kappa shape index (κ1) is 15.5. The molecule has 114 valence electrons. The Morgan fingerprint density at radius 2 is 1.90 bits per heavy atom. The quantitative estimate of drug-likeness (QED) is 0.862. The summed E-state index contributed by atoms with van der Waals surface area (Å²) in [6.07, 6.45) is -0.416. The molecular formula is C15H19NO5. The van der Waals surface area contributed by atoms with Crippen molar-refractivity contribution in [1.29, 1.82) is 0 Å². The van der Waals surface area contributed by atoms with Crippen molar-refractivity contribution >= 4 is 11.9 Å². The molecule has 0 saturated carbocycles. The Balaban J connectivity index is 2.39. The van der Waals surface area contributed by atoms with E-state index in [1.165, 1.54) is 0 Å². The summed E-state index contributed by atoms with van der Waals surface area (Å²) in [4.78, 5) is 25.7. The first-order valence-electron chi connectivity index (χ1n) is 6.81. The predicted molar refractivity (Wildman–Crippen MR) is 75.6 cm³/mol. The Morgan fingerprint density at radius 3 is 2.48 bits per heavy atom. The van der Waals surface area contributed by atoms with Gasteiger partial charge in [-0.25, -0.2) is 4.79 Å². The molecule has 0 aliphatic carbocycles. The van der Waals surface area contributed by atoms with Gasteiger partial charge in [0.2, 0.25) is 0 Å². The molecule has 1 saturated heterocycles. The number of ether oxygens (including phenoxy) is 1. The van der Waals surface area contributed by atoms with Crippen LogP contribution in [0.15, 0.2) is 12.1 Å². The van der Waals surface area contributed by atoms with Gasteiger partial charge in [0.25, 0.3) is 5.91 Å². The van der Waals surface area contributed by atoms with Crippen LogP contribution in [0.1, 0.15) is 31.8 Å². The molecule has 1 fully saturated rings. The third-order valence-electron chi connectivity index (χ3n) is 3.68. The maximum absolute atomic E-state index is 12.7. The molecule has 2 N–H and O–H groups in total. The van der Waals surface area contributed by atoms with Crippen molar-refractivity contribution in [1.82, 2.24) is 4.90 Å². The van der Waals surface area contributed by atoms with Crippen LogP contribution in [-0.2, 0) is 4.74 Å². The molecule has 2 rings (SSSR count). The molecule has 1 heterocycles. The minimum Gasteiger partial charge on any atom is -0.478 e. The van der Waals surface area contributed by atoms with Gasteiger partial charge in [-0.1, -0.05) is 12.1 Å². The highest BCUT2D eigenvalue weighted by atomic mass is 16.5. The molecule has 1 amide bonds. The van der Waals surface area contributed by atoms with Gasteiger partial charge in [-0.15, -0.1) is 0 Å². The Morgan fingerprint density at radius 1 is 1.29 bits per heavy atom. The van der Waals surface area contributed by atoms with Gasteiger partial charge in [0.15, 0.2) is 0 Å². The number of hydrogen-bond acceptors (Lipinski definition) is 4. The van der Waals surface area contributed by atoms with Gasteiger partial charge in [0.1, 0.15) is 0 Å². The van der Waals surface area contributed by atoms with Gasteiger partial charge in [-0.2, -0.15) is 0 Å². The highest BCUT2D eigenvalue weighted by molar-refractivity contribution is 6.06. The molecule has 6 heteroatoms. The fourth-order valence-corrected chi connectivity index (χ4v) is 2.53. The van der Waals surface area contributed by atoms with Crippen molar-refractivity contribution in [2.24, 2.45) is 0 Å². The van der Waals surface area contributed by atoms with E-state index in [0.717, 1.165) is 0 Å². The highest BCUT2D eigenvalue weighted by Crippen LogP contribution is 2.22. The van der Waals surface area contributed by atoms with E-state index in [1.54, 1.807) is 30.9 Å². The van der Waals surface area contributed by atoms with Crippen LogP contribution in [0.4, 0.5) is 0 Å². The van der Waals surface area contributed by atoms with Gasteiger partial charge in [0.05, 0.1) is 30.4 Å². The number of benzene rings is 1. The van der Waals surface area contributed by atoms with Gasteiger partial charge in [-0.05, 0) is 25.0 Å². The highest BCUT2D eigenvalue weighted by Gasteiger charge is 2.29. The molecule has 1 aliphatic heterocycles. The molecule has 0 spiro atoms. The van der Waals surface area contributed by atoms with Crippen LogP contribution < -0.4 is 0 Å². The number of aromatic carboxylic acids is 1. The zero-order valence-electron chi connectivity index (χ0n) is 12.1. The van der Waals surface area contributed by atoms with Gasteiger partial charge in [-0.3, -0.25) is 4.79 Å². The Bertz CT molecular complexity index is 569. The van der Waals surface area contributed by atoms with E-state index >= 15 is 0 Å². The van der Waals surface area contributed by atoms with Crippen molar-refractivity contribution in [2.75, 3.05) is 26.3 Å². The second-order valence-corrected chi connectivity index (χ2v) is 5.18. The van der Waals surface area contributed by atoms with Crippen LogP contribution in [0.3, 0.4) is 0 Å². The number of carbonyl (C=O) groups is 2. The first-order valence-corrected chi connectivity index (χ1v) is 6.81. The van der Waals surface area contributed by atoms with Crippen LogP contribution in [0.25, 0.3) is 0 Å². The lowest BCUT2D eigenvalue weighted by molar-refractivity contribution is -0.0447. The van der Waals surface area contributed by atoms with Crippen molar-refractivity contribution in [3.05, 3.63) is 34.4 Å². The summed E-state index contributed by atoms with van der Waals surface area (Å²) in [6, 6.07) is 3.45. The molecule has 21 heavy (non-hydrogen) atoms. The lowest BCUT2D eigenvalue weighted by Crippen LogP contribution is -2.47. The second-order valence-electron chi connectivity index (χ2n) is 5.18. The van der Waals surface area contributed by atoms with Gasteiger partial charge >= 0.3 is 5.97 Å². The molecule has 0 aromatic heterocycles. The van der Waals surface area contributed by atoms with E-state index in [1.807, 2.05) is 0 Å². The maximum atomic E-state index is 12.7. The van der Waals surface area contributed by atoms with Crippen LogP contribution in [0.5, 0.6) is 0 Å². The van der Waals surface area contributed by atoms with Gasteiger partial charge < -0.3 is 19.8 Å². The van der Waals surface area contributed by atoms with E-state index < -0.39 is 12.1 Å². The Kier molecular flexibility index (Phi) is 4.59. The number of rotatable bonds is 3. The number of carboxylic acid groups (broad SMARTS) is 1. The minimum atomic E-state index is -1.11. The monoisotopic (exact) mass is 293 g/mol. The summed E-state index contributed by atoms with van der Waals surface area (Å²) in [7, 11) is 0. The Hall–Kier alpha value is -1.92. The standard InChI is InChI=1S/C15H19NO5/c1-9-3-4-10(2)13(15(19)20)12(9)14(18)16-5-6-21-11(7-16)8-17/h3-4,11,17H,5-8H2,1-2H3,(H,19,20). The van der Waals surface area contributed by atoms with E-state index in [4.69, 9.17) is 9.84 Å². The lowest BCUT2D eigenvalue weighted by Gasteiger charge is -2.32. The topological polar surface area (TPSA) is 87.1 Å². The first-order chi connectivity index (χ1) is 9.95. The third kappa shape index (κ3) is 3.06. The average molecular weight is 293 g/mol. The van der Waals surface area contributed by atoms with Crippen LogP contribution in [0, 0.1) is 13.8 Å². The summed E-state index contributed by atoms with van der Waals surface area (Å²) in [5, 5.41) is 18.5. The molecule has 1 aromatic rings. The van der Waals surface area contributed by atoms with Crippen LogP contribution >= 0.6 is 0 Å². The number of aryl methyl sites for hydroxylation is 2. The minimum absolute atomic E-state index is 0.0482. The molecule has 1 aromatic carbocycles. The smallest absolute Gasteiger partial charge is 0.336 e. The average Bonchev–Trinajstić information content (AvgIpc) is 2.48. The predicted octanol–water partition coefficient (Wildman–Crippen LogP) is 0.835. The molecule has 1 unspecified atom stereocenters. The largest absolute Gasteiger partial charge is 0.478 e. The third-order valence-corrected chi connectivity index (χ3v) is 3.68. The fraction of sp³-hybridized carbons (Fsp3) is 0.467. The molecule has 1 aliphatic rings. The summed E-state index contributed by atoms with van der Waals surface area (Å²) >= 11 is 0. The number of nitrogens with zero attached hydrogens (tertiary/aromatic N) is 1.